The van der Waals surface area contributed by atoms with Crippen LogP contribution in [0.1, 0.15) is 15.9 Å². The van der Waals surface area contributed by atoms with Crippen LogP contribution in [0.4, 0.5) is 5.69 Å². The minimum absolute atomic E-state index is 0.103. The number of rotatable bonds is 4. The molecule has 0 fully saturated rings. The molecule has 2 N–H and O–H groups in total. The van der Waals surface area contributed by atoms with Crippen molar-refractivity contribution in [1.29, 1.82) is 0 Å². The van der Waals surface area contributed by atoms with Gasteiger partial charge in [0.05, 0.1) is 12.8 Å². The van der Waals surface area contributed by atoms with E-state index in [9.17, 15) is 4.79 Å². The van der Waals surface area contributed by atoms with E-state index in [1.807, 2.05) is 18.2 Å². The minimum Gasteiger partial charge on any atom is -0.495 e. The van der Waals surface area contributed by atoms with Crippen molar-refractivity contribution in [2.45, 2.75) is 6.54 Å². The first kappa shape index (κ1) is 15.2. The molecule has 0 bridgehead atoms. The van der Waals surface area contributed by atoms with Gasteiger partial charge in [-0.25, -0.2) is 0 Å². The van der Waals surface area contributed by atoms with Gasteiger partial charge in [0, 0.05) is 24.2 Å². The van der Waals surface area contributed by atoms with Gasteiger partial charge in [0.25, 0.3) is 5.91 Å². The van der Waals surface area contributed by atoms with Gasteiger partial charge < -0.3 is 15.4 Å². The normalized spacial score (nSPS) is 10.2. The summed E-state index contributed by atoms with van der Waals surface area (Å²) in [5, 5.41) is 0.655. The lowest BCUT2D eigenvalue weighted by molar-refractivity contribution is 0.0785. The maximum Gasteiger partial charge on any atom is 0.254 e. The Balaban J connectivity index is 2.15. The van der Waals surface area contributed by atoms with Gasteiger partial charge in [0.1, 0.15) is 5.75 Å². The van der Waals surface area contributed by atoms with E-state index in [-0.39, 0.29) is 5.91 Å². The monoisotopic (exact) mass is 304 g/mol. The van der Waals surface area contributed by atoms with E-state index in [0.717, 1.165) is 5.56 Å². The van der Waals surface area contributed by atoms with Crippen LogP contribution in [0.3, 0.4) is 0 Å². The summed E-state index contributed by atoms with van der Waals surface area (Å²) >= 11 is 5.95. The highest BCUT2D eigenvalue weighted by Gasteiger charge is 2.14. The highest BCUT2D eigenvalue weighted by atomic mass is 35.5. The number of benzene rings is 2. The number of carbonyl (C=O) groups excluding carboxylic acids is 1. The van der Waals surface area contributed by atoms with Crippen molar-refractivity contribution in [3.8, 4) is 5.75 Å². The molecule has 0 unspecified atom stereocenters. The third kappa shape index (κ3) is 3.67. The summed E-state index contributed by atoms with van der Waals surface area (Å²) in [6.07, 6.45) is 0. The predicted octanol–water partition coefficient (Wildman–Crippen LogP) is 3.20. The van der Waals surface area contributed by atoms with Crippen LogP contribution < -0.4 is 10.5 Å². The largest absolute Gasteiger partial charge is 0.495 e. The first-order chi connectivity index (χ1) is 10.0. The van der Waals surface area contributed by atoms with Crippen molar-refractivity contribution in [2.24, 2.45) is 0 Å². The third-order valence-corrected chi connectivity index (χ3v) is 3.37. The van der Waals surface area contributed by atoms with Crippen LogP contribution in [0.2, 0.25) is 5.02 Å². The summed E-state index contributed by atoms with van der Waals surface area (Å²) in [5.74, 6) is 0.394. The molecule has 110 valence electrons. The molecule has 21 heavy (non-hydrogen) atoms. The summed E-state index contributed by atoms with van der Waals surface area (Å²) in [7, 11) is 3.27. The second kappa shape index (κ2) is 6.50. The van der Waals surface area contributed by atoms with Crippen LogP contribution in [-0.2, 0) is 6.54 Å². The van der Waals surface area contributed by atoms with Crippen molar-refractivity contribution >= 4 is 23.2 Å². The Morgan fingerprint density at radius 3 is 2.71 bits per heavy atom. The molecule has 5 heteroatoms. The standard InChI is InChI=1S/C16H17ClN2O2/c1-19(10-11-4-3-5-13(17)8-11)16(20)12-6-7-14(18)15(9-12)21-2/h3-9H,10,18H2,1-2H3. The second-order valence-electron chi connectivity index (χ2n) is 4.75. The highest BCUT2D eigenvalue weighted by molar-refractivity contribution is 6.30. The molecule has 0 spiro atoms. The first-order valence-corrected chi connectivity index (χ1v) is 6.82. The molecule has 0 aliphatic heterocycles. The van der Waals surface area contributed by atoms with E-state index in [4.69, 9.17) is 22.1 Å². The van der Waals surface area contributed by atoms with Crippen molar-refractivity contribution < 1.29 is 9.53 Å². The zero-order chi connectivity index (χ0) is 15.4. The number of hydrogen-bond acceptors (Lipinski definition) is 3. The average molecular weight is 305 g/mol. The van der Waals surface area contributed by atoms with E-state index >= 15 is 0 Å². The summed E-state index contributed by atoms with van der Waals surface area (Å²) in [4.78, 5) is 14.0. The third-order valence-electron chi connectivity index (χ3n) is 3.14. The number of methoxy groups -OCH3 is 1. The maximum atomic E-state index is 12.4. The number of anilines is 1. The van der Waals surface area contributed by atoms with Crippen LogP contribution in [0.5, 0.6) is 5.75 Å². The molecule has 0 aliphatic carbocycles. The predicted molar refractivity (Wildman–Crippen MR) is 84.7 cm³/mol. The van der Waals surface area contributed by atoms with Gasteiger partial charge in [0.15, 0.2) is 0 Å². The second-order valence-corrected chi connectivity index (χ2v) is 5.18. The van der Waals surface area contributed by atoms with Crippen LogP contribution in [0.15, 0.2) is 42.5 Å². The molecule has 2 aromatic rings. The number of nitrogens with zero attached hydrogens (tertiary/aromatic N) is 1. The Hall–Kier alpha value is -2.20. The number of nitrogen functional groups attached to an aromatic ring is 1. The molecule has 1 amide bonds. The lowest BCUT2D eigenvalue weighted by Gasteiger charge is -2.18. The quantitative estimate of drug-likeness (QED) is 0.883. The average Bonchev–Trinajstić information content (AvgIpc) is 2.47. The number of halogens is 1. The topological polar surface area (TPSA) is 55.6 Å². The van der Waals surface area contributed by atoms with Crippen molar-refractivity contribution in [3.05, 3.63) is 58.6 Å². The summed E-state index contributed by atoms with van der Waals surface area (Å²) < 4.78 is 5.14. The van der Waals surface area contributed by atoms with Crippen LogP contribution in [0, 0.1) is 0 Å². The zero-order valence-electron chi connectivity index (χ0n) is 12.0. The van der Waals surface area contributed by atoms with Gasteiger partial charge in [-0.2, -0.15) is 0 Å². The number of nitrogens with two attached hydrogens (primary N) is 1. The molecule has 0 heterocycles. The molecule has 0 radical (unpaired) electrons. The lowest BCUT2D eigenvalue weighted by Crippen LogP contribution is -2.26. The van der Waals surface area contributed by atoms with Crippen molar-refractivity contribution in [2.75, 3.05) is 19.9 Å². The highest BCUT2D eigenvalue weighted by Crippen LogP contribution is 2.23. The van der Waals surface area contributed by atoms with Crippen LogP contribution in [0.25, 0.3) is 0 Å². The van der Waals surface area contributed by atoms with E-state index in [1.54, 1.807) is 36.2 Å². The number of amides is 1. The molecule has 0 saturated carbocycles. The SMILES string of the molecule is COc1cc(C(=O)N(C)Cc2cccc(Cl)c2)ccc1N. The Labute approximate surface area is 129 Å². The number of hydrogen-bond donors (Lipinski definition) is 1. The Morgan fingerprint density at radius 1 is 1.29 bits per heavy atom. The van der Waals surface area contributed by atoms with E-state index < -0.39 is 0 Å². The van der Waals surface area contributed by atoms with E-state index in [2.05, 4.69) is 0 Å². The Morgan fingerprint density at radius 2 is 2.05 bits per heavy atom. The van der Waals surface area contributed by atoms with E-state index in [1.165, 1.54) is 7.11 Å². The maximum absolute atomic E-state index is 12.4. The summed E-state index contributed by atoms with van der Waals surface area (Å²) in [6.45, 7) is 0.478. The molecule has 2 rings (SSSR count). The Kier molecular flexibility index (Phi) is 4.70. The van der Waals surface area contributed by atoms with Crippen molar-refractivity contribution in [1.82, 2.24) is 4.90 Å². The smallest absolute Gasteiger partial charge is 0.254 e. The number of carbonyl (C=O) groups is 1. The van der Waals surface area contributed by atoms with Gasteiger partial charge >= 0.3 is 0 Å². The lowest BCUT2D eigenvalue weighted by atomic mass is 10.1. The molecule has 0 saturated heterocycles. The van der Waals surface area contributed by atoms with Crippen molar-refractivity contribution in [3.63, 3.8) is 0 Å². The first-order valence-electron chi connectivity index (χ1n) is 6.44. The van der Waals surface area contributed by atoms with Gasteiger partial charge in [-0.15, -0.1) is 0 Å². The van der Waals surface area contributed by atoms with Crippen LogP contribution in [-0.4, -0.2) is 25.0 Å². The molecule has 4 nitrogen and oxygen atoms in total. The fourth-order valence-electron chi connectivity index (χ4n) is 2.05. The van der Waals surface area contributed by atoms with Crippen LogP contribution >= 0.6 is 11.6 Å². The van der Waals surface area contributed by atoms with E-state index in [0.29, 0.717) is 28.6 Å². The fourth-order valence-corrected chi connectivity index (χ4v) is 2.26. The number of ether oxygens (including phenoxy) is 1. The Bertz CT molecular complexity index is 658. The fraction of sp³-hybridized carbons (Fsp3) is 0.188. The van der Waals surface area contributed by atoms with Gasteiger partial charge in [0.2, 0.25) is 0 Å². The molecule has 0 aliphatic rings. The van der Waals surface area contributed by atoms with Gasteiger partial charge in [-0.3, -0.25) is 4.79 Å². The summed E-state index contributed by atoms with van der Waals surface area (Å²) in [5.41, 5.74) is 7.76. The molecule has 2 aromatic carbocycles. The minimum atomic E-state index is -0.103. The summed E-state index contributed by atoms with van der Waals surface area (Å²) in [6, 6.07) is 12.4. The molecular formula is C16H17ClN2O2. The molecule has 0 atom stereocenters. The molecule has 0 aromatic heterocycles. The molecular weight excluding hydrogens is 288 g/mol. The van der Waals surface area contributed by atoms with Gasteiger partial charge in [-0.05, 0) is 35.9 Å². The zero-order valence-corrected chi connectivity index (χ0v) is 12.7. The van der Waals surface area contributed by atoms with Gasteiger partial charge in [-0.1, -0.05) is 23.7 Å².